The summed E-state index contributed by atoms with van der Waals surface area (Å²) in [5.41, 5.74) is 2.64. The highest BCUT2D eigenvalue weighted by Crippen LogP contribution is 2.34. The van der Waals surface area contributed by atoms with Crippen LogP contribution in [0.15, 0.2) is 65.5 Å². The number of nitriles is 1. The number of rotatable bonds is 6. The van der Waals surface area contributed by atoms with Crippen LogP contribution in [0.5, 0.6) is 0 Å². The predicted octanol–water partition coefficient (Wildman–Crippen LogP) is 5.11. The molecule has 172 valence electrons. The molecule has 2 N–H and O–H groups in total. The smallest absolute Gasteiger partial charge is 0.232 e. The number of anilines is 1. The van der Waals surface area contributed by atoms with Gasteiger partial charge in [0.15, 0.2) is 11.0 Å². The molecular formula is C25H25N7OS. The van der Waals surface area contributed by atoms with Gasteiger partial charge in [-0.2, -0.15) is 5.26 Å². The second kappa shape index (κ2) is 9.61. The quantitative estimate of drug-likeness (QED) is 0.229. The maximum Gasteiger partial charge on any atom is 0.232 e. The highest BCUT2D eigenvalue weighted by molar-refractivity contribution is 8.00. The highest BCUT2D eigenvalue weighted by atomic mass is 32.2. The predicted molar refractivity (Wildman–Crippen MR) is 134 cm³/mol. The zero-order valence-electron chi connectivity index (χ0n) is 18.8. The molecule has 0 aliphatic carbocycles. The van der Waals surface area contributed by atoms with Gasteiger partial charge in [-0.25, -0.2) is 4.98 Å². The highest BCUT2D eigenvalue weighted by Gasteiger charge is 2.25. The molecule has 1 fully saturated rings. The van der Waals surface area contributed by atoms with Gasteiger partial charge in [-0.3, -0.25) is 4.57 Å². The van der Waals surface area contributed by atoms with Crippen LogP contribution in [0, 0.1) is 11.3 Å². The average molecular weight is 472 g/mol. The summed E-state index contributed by atoms with van der Waals surface area (Å²) in [5.74, 6) is 1.11. The normalized spacial score (nSPS) is 15.7. The first-order chi connectivity index (χ1) is 16.7. The minimum atomic E-state index is -0.441. The largest absolute Gasteiger partial charge is 0.510 e. The van der Waals surface area contributed by atoms with E-state index in [9.17, 15) is 10.4 Å². The van der Waals surface area contributed by atoms with Crippen LogP contribution in [-0.2, 0) is 0 Å². The number of piperidine rings is 1. The zero-order chi connectivity index (χ0) is 23.5. The van der Waals surface area contributed by atoms with Gasteiger partial charge in [0, 0.05) is 13.1 Å². The fraction of sp³-hybridized carbons (Fsp3) is 0.280. The van der Waals surface area contributed by atoms with E-state index in [2.05, 4.69) is 31.1 Å². The van der Waals surface area contributed by atoms with E-state index in [1.165, 1.54) is 18.2 Å². The molecular weight excluding hydrogens is 446 g/mol. The SMILES string of the molecule is CC(Sc1nnc(N2CCCCC2)n1-c1ccccc1)/C(O)=C(\C#N)c1nc2ccccc2[nH]1. The van der Waals surface area contributed by atoms with Crippen molar-refractivity contribution in [1.82, 2.24) is 24.7 Å². The molecule has 1 saturated heterocycles. The lowest BCUT2D eigenvalue weighted by Gasteiger charge is -2.28. The number of para-hydroxylation sites is 3. The molecule has 1 atom stereocenters. The van der Waals surface area contributed by atoms with Crippen LogP contribution in [0.4, 0.5) is 5.95 Å². The van der Waals surface area contributed by atoms with Crippen LogP contribution in [0.1, 0.15) is 32.0 Å². The molecule has 1 aliphatic rings. The zero-order valence-corrected chi connectivity index (χ0v) is 19.7. The lowest BCUT2D eigenvalue weighted by Crippen LogP contribution is -2.31. The fourth-order valence-corrected chi connectivity index (χ4v) is 5.09. The second-order valence-corrected chi connectivity index (χ2v) is 9.54. The van der Waals surface area contributed by atoms with Gasteiger partial charge in [-0.1, -0.05) is 42.1 Å². The topological polar surface area (TPSA) is 107 Å². The van der Waals surface area contributed by atoms with E-state index in [1.807, 2.05) is 66.1 Å². The van der Waals surface area contributed by atoms with Crippen LogP contribution in [0.2, 0.25) is 0 Å². The van der Waals surface area contributed by atoms with Crippen molar-refractivity contribution in [1.29, 1.82) is 5.26 Å². The Morgan fingerprint density at radius 2 is 1.79 bits per heavy atom. The number of hydrogen-bond donors (Lipinski definition) is 2. The summed E-state index contributed by atoms with van der Waals surface area (Å²) in [7, 11) is 0. The third kappa shape index (κ3) is 4.24. The molecule has 0 saturated carbocycles. The first-order valence-corrected chi connectivity index (χ1v) is 12.2. The first-order valence-electron chi connectivity index (χ1n) is 11.4. The van der Waals surface area contributed by atoms with Gasteiger partial charge in [-0.15, -0.1) is 10.2 Å². The number of aromatic amines is 1. The van der Waals surface area contributed by atoms with Gasteiger partial charge in [0.1, 0.15) is 17.4 Å². The molecule has 0 spiro atoms. The number of nitrogens with zero attached hydrogens (tertiary/aromatic N) is 6. The molecule has 5 rings (SSSR count). The minimum Gasteiger partial charge on any atom is -0.510 e. The van der Waals surface area contributed by atoms with Crippen LogP contribution in [0.3, 0.4) is 0 Å². The minimum absolute atomic E-state index is 0.0475. The van der Waals surface area contributed by atoms with Gasteiger partial charge >= 0.3 is 0 Å². The van der Waals surface area contributed by atoms with E-state index in [4.69, 9.17) is 0 Å². The van der Waals surface area contributed by atoms with E-state index < -0.39 is 5.25 Å². The van der Waals surface area contributed by atoms with E-state index in [0.717, 1.165) is 48.6 Å². The van der Waals surface area contributed by atoms with Crippen LogP contribution < -0.4 is 4.90 Å². The number of allylic oxidation sites excluding steroid dienone is 1. The lowest BCUT2D eigenvalue weighted by atomic mass is 10.1. The van der Waals surface area contributed by atoms with Crippen LogP contribution in [0.25, 0.3) is 22.3 Å². The van der Waals surface area contributed by atoms with Gasteiger partial charge in [0.25, 0.3) is 0 Å². The fourth-order valence-electron chi connectivity index (χ4n) is 4.16. The van der Waals surface area contributed by atoms with Crippen molar-refractivity contribution in [2.75, 3.05) is 18.0 Å². The Hall–Kier alpha value is -3.77. The van der Waals surface area contributed by atoms with Crippen molar-refractivity contribution in [3.8, 4) is 11.8 Å². The standard InChI is InChI=1S/C25H25N7OS/c1-17(22(33)19(16-26)23-27-20-12-6-7-13-21(20)28-23)34-25-30-29-24(31-14-8-3-9-15-31)32(25)18-10-4-2-5-11-18/h2,4-7,10-13,17,33H,3,8-9,14-15H2,1H3,(H,27,28)/b22-19-. The third-order valence-corrected chi connectivity index (χ3v) is 6.98. The summed E-state index contributed by atoms with van der Waals surface area (Å²) in [5, 5.41) is 30.1. The lowest BCUT2D eigenvalue weighted by molar-refractivity contribution is 0.401. The molecule has 9 heteroatoms. The summed E-state index contributed by atoms with van der Waals surface area (Å²) in [6.07, 6.45) is 3.49. The molecule has 4 aromatic rings. The Balaban J connectivity index is 1.49. The summed E-state index contributed by atoms with van der Waals surface area (Å²) < 4.78 is 2.03. The third-order valence-electron chi connectivity index (χ3n) is 5.93. The molecule has 1 unspecified atom stereocenters. The molecule has 2 aromatic heterocycles. The van der Waals surface area contributed by atoms with E-state index in [1.54, 1.807) is 0 Å². The molecule has 2 aromatic carbocycles. The van der Waals surface area contributed by atoms with Crippen molar-refractivity contribution in [3.05, 3.63) is 66.2 Å². The Morgan fingerprint density at radius 3 is 2.53 bits per heavy atom. The van der Waals surface area contributed by atoms with Gasteiger partial charge in [0.2, 0.25) is 5.95 Å². The van der Waals surface area contributed by atoms with Crippen molar-refractivity contribution in [2.24, 2.45) is 0 Å². The molecule has 3 heterocycles. The molecule has 8 nitrogen and oxygen atoms in total. The summed E-state index contributed by atoms with van der Waals surface area (Å²) >= 11 is 1.37. The summed E-state index contributed by atoms with van der Waals surface area (Å²) in [6.45, 7) is 3.74. The van der Waals surface area contributed by atoms with Crippen LogP contribution in [-0.4, -0.2) is 48.2 Å². The first kappa shape index (κ1) is 22.0. The molecule has 0 amide bonds. The number of aromatic nitrogens is 5. The Bertz CT molecular complexity index is 1330. The number of hydrogen-bond acceptors (Lipinski definition) is 7. The second-order valence-electron chi connectivity index (χ2n) is 8.24. The van der Waals surface area contributed by atoms with Gasteiger partial charge < -0.3 is 15.0 Å². The summed E-state index contributed by atoms with van der Waals surface area (Å²) in [6, 6.07) is 19.7. The van der Waals surface area contributed by atoms with E-state index in [-0.39, 0.29) is 11.3 Å². The number of aliphatic hydroxyl groups excluding tert-OH is 1. The Labute approximate surface area is 202 Å². The van der Waals surface area contributed by atoms with Gasteiger partial charge in [-0.05, 0) is 50.5 Å². The molecule has 0 radical (unpaired) electrons. The summed E-state index contributed by atoms with van der Waals surface area (Å²) in [4.78, 5) is 9.88. The molecule has 1 aliphatic heterocycles. The van der Waals surface area contributed by atoms with Crippen molar-refractivity contribution in [3.63, 3.8) is 0 Å². The van der Waals surface area contributed by atoms with Gasteiger partial charge in [0.05, 0.1) is 22.0 Å². The van der Waals surface area contributed by atoms with Crippen molar-refractivity contribution >= 4 is 34.3 Å². The molecule has 34 heavy (non-hydrogen) atoms. The number of benzene rings is 2. The number of aliphatic hydroxyl groups is 1. The average Bonchev–Trinajstić information content (AvgIpc) is 3.49. The number of nitrogens with one attached hydrogen (secondary N) is 1. The monoisotopic (exact) mass is 471 g/mol. The number of fused-ring (bicyclic) bond motifs is 1. The maximum atomic E-state index is 11.0. The maximum absolute atomic E-state index is 11.0. The van der Waals surface area contributed by atoms with Crippen molar-refractivity contribution < 1.29 is 5.11 Å². The van der Waals surface area contributed by atoms with Crippen LogP contribution >= 0.6 is 11.8 Å². The Kier molecular flexibility index (Phi) is 6.23. The van der Waals surface area contributed by atoms with E-state index in [0.29, 0.717) is 11.0 Å². The van der Waals surface area contributed by atoms with Crippen molar-refractivity contribution in [2.45, 2.75) is 36.6 Å². The Morgan fingerprint density at radius 1 is 1.06 bits per heavy atom. The number of thioether (sulfide) groups is 1. The number of imidazole rings is 1. The number of H-pyrrole nitrogens is 1. The molecule has 0 bridgehead atoms. The van der Waals surface area contributed by atoms with E-state index >= 15 is 0 Å².